The second-order valence-electron chi connectivity index (χ2n) is 13.3. The summed E-state index contributed by atoms with van der Waals surface area (Å²) in [6.45, 7) is 0.841. The van der Waals surface area contributed by atoms with Gasteiger partial charge < -0.3 is 0 Å². The number of halogens is 20. The number of fused-ring (bicyclic) bond motifs is 1. The number of pyridine rings is 1. The van der Waals surface area contributed by atoms with E-state index in [-0.39, 0.29) is 0 Å². The summed E-state index contributed by atoms with van der Waals surface area (Å²) >= 11 is 0. The summed E-state index contributed by atoms with van der Waals surface area (Å²) in [6.07, 6.45) is -3.11. The molecule has 0 saturated heterocycles. The highest BCUT2D eigenvalue weighted by atomic mass is 19.2. The summed E-state index contributed by atoms with van der Waals surface area (Å²) in [5, 5.41) is 11.2. The van der Waals surface area contributed by atoms with Gasteiger partial charge in [-0.15, -0.1) is 21.9 Å². The lowest BCUT2D eigenvalue weighted by Gasteiger charge is -2.44. The topological polar surface area (TPSA) is 27.7 Å². The Bertz CT molecular complexity index is 2720. The van der Waals surface area contributed by atoms with E-state index >= 15 is 35.1 Å². The van der Waals surface area contributed by atoms with Crippen LogP contribution in [0.1, 0.15) is 11.1 Å². The van der Waals surface area contributed by atoms with Gasteiger partial charge in [-0.3, -0.25) is 0 Å². The van der Waals surface area contributed by atoms with Crippen LogP contribution in [-0.2, 0) is 6.54 Å². The molecule has 0 spiro atoms. The molecular weight excluding hydrogens is 911 g/mol. The van der Waals surface area contributed by atoms with Crippen molar-refractivity contribution in [2.45, 2.75) is 6.54 Å². The molecule has 6 aromatic carbocycles. The minimum Gasteiger partial charge on any atom is -0.207 e. The highest BCUT2D eigenvalue weighted by molar-refractivity contribution is 7.20. The molecule has 0 aliphatic heterocycles. The normalized spacial score (nSPS) is 11.5. The maximum Gasteiger partial charge on any atom is 0.200 e. The van der Waals surface area contributed by atoms with E-state index in [1.807, 2.05) is 48.7 Å². The first-order valence-corrected chi connectivity index (χ1v) is 17.2. The van der Waals surface area contributed by atoms with Crippen LogP contribution < -0.4 is 26.4 Å². The lowest BCUT2D eigenvalue weighted by molar-refractivity contribution is -0.687. The maximum absolute atomic E-state index is 15.4. The third kappa shape index (κ3) is 7.09. The smallest absolute Gasteiger partial charge is 0.200 e. The number of aromatic nitrogens is 1. The summed E-state index contributed by atoms with van der Waals surface area (Å²) in [4.78, 5) is 0. The van der Waals surface area contributed by atoms with Crippen molar-refractivity contribution >= 4 is 38.8 Å². The molecule has 0 aliphatic carbocycles. The number of hydrogen-bond donors (Lipinski definition) is 0. The highest BCUT2D eigenvalue weighted by Gasteiger charge is 2.52. The molecule has 0 bridgehead atoms. The molecule has 1 aromatic heterocycles. The van der Waals surface area contributed by atoms with E-state index in [1.54, 1.807) is 0 Å². The van der Waals surface area contributed by atoms with Gasteiger partial charge in [0.1, 0.15) is 52.7 Å². The fourth-order valence-electron chi connectivity index (χ4n) is 7.14. The van der Waals surface area contributed by atoms with Crippen LogP contribution in [0.3, 0.4) is 0 Å². The Morgan fingerprint density at radius 2 is 0.688 bits per heavy atom. The second-order valence-corrected chi connectivity index (χ2v) is 13.3. The van der Waals surface area contributed by atoms with Gasteiger partial charge in [0.25, 0.3) is 0 Å². The first kappa shape index (κ1) is 46.4. The quantitative estimate of drug-likeness (QED) is 0.0539. The van der Waals surface area contributed by atoms with Crippen molar-refractivity contribution in [1.82, 2.24) is 0 Å². The third-order valence-corrected chi connectivity index (χ3v) is 9.91. The second kappa shape index (κ2) is 17.2. The molecule has 23 heteroatoms. The van der Waals surface area contributed by atoms with E-state index < -0.39 is 144 Å². The SMILES string of the molecule is Fc1c(F)c(F)c([B-](c2c(F)c(F)c(F)c(F)c2F)(c2c(F)c(F)c(F)c(F)c2F)c2c(F)c(F)c(F)c(F)c2F)c(F)c1F.N#Cc1cccc2c[n+](Cc3ccccc3)ccc12. The largest absolute Gasteiger partial charge is 0.207 e. The van der Waals surface area contributed by atoms with Crippen molar-refractivity contribution in [3.05, 3.63) is 194 Å². The summed E-state index contributed by atoms with van der Waals surface area (Å²) in [5.74, 6) is -71.4. The van der Waals surface area contributed by atoms with Crippen molar-refractivity contribution in [1.29, 1.82) is 5.26 Å². The predicted octanol–water partition coefficient (Wildman–Crippen LogP) is 8.89. The van der Waals surface area contributed by atoms with Gasteiger partial charge >= 0.3 is 0 Å². The van der Waals surface area contributed by atoms with Crippen LogP contribution in [0.5, 0.6) is 0 Å². The van der Waals surface area contributed by atoms with Gasteiger partial charge in [-0.1, -0.05) is 36.4 Å². The van der Waals surface area contributed by atoms with Gasteiger partial charge in [0.05, 0.1) is 11.6 Å². The van der Waals surface area contributed by atoms with Crippen LogP contribution in [0.15, 0.2) is 67.0 Å². The highest BCUT2D eigenvalue weighted by Crippen LogP contribution is 2.31. The first-order valence-electron chi connectivity index (χ1n) is 17.2. The fraction of sp³-hybridized carbons (Fsp3) is 0.0244. The molecule has 0 saturated carbocycles. The zero-order chi connectivity index (χ0) is 47.4. The van der Waals surface area contributed by atoms with Crippen LogP contribution in [-0.4, -0.2) is 6.15 Å². The molecule has 330 valence electrons. The van der Waals surface area contributed by atoms with E-state index in [2.05, 4.69) is 29.0 Å². The summed E-state index contributed by atoms with van der Waals surface area (Å²) in [5.41, 5.74) is -12.3. The van der Waals surface area contributed by atoms with Gasteiger partial charge in [0.15, 0.2) is 88.7 Å². The van der Waals surface area contributed by atoms with E-state index in [0.29, 0.717) is 0 Å². The third-order valence-electron chi connectivity index (χ3n) is 9.91. The minimum atomic E-state index is -7.22. The van der Waals surface area contributed by atoms with Crippen LogP contribution in [0, 0.1) is 128 Å². The Labute approximate surface area is 343 Å². The molecule has 0 amide bonds. The van der Waals surface area contributed by atoms with Gasteiger partial charge in [0.2, 0.25) is 0 Å². The zero-order valence-electron chi connectivity index (χ0n) is 30.6. The zero-order valence-corrected chi connectivity index (χ0v) is 30.6. The standard InChI is InChI=1S/C24BF20.C17H13N2/c26-5-1(6(27)14(35)21(42)13(5)34)25(2-7(28)15(36)22(43)16(37)8(2)29,3-9(30)17(38)23(44)18(39)10(3)31)4-11(32)19(40)24(45)20(41)12(4)33;18-11-15-7-4-8-16-13-19(10-9-17(15)16)12-14-5-2-1-3-6-14/h;1-10,13H,12H2/q-1;+1. The van der Waals surface area contributed by atoms with Crippen molar-refractivity contribution in [3.63, 3.8) is 0 Å². The van der Waals surface area contributed by atoms with Crippen LogP contribution >= 0.6 is 0 Å². The molecule has 1 heterocycles. The summed E-state index contributed by atoms with van der Waals surface area (Å²) in [6, 6.07) is 20.4. The first-order chi connectivity index (χ1) is 30.1. The molecule has 7 rings (SSSR count). The Morgan fingerprint density at radius 1 is 0.375 bits per heavy atom. The number of rotatable bonds is 6. The van der Waals surface area contributed by atoms with E-state index in [1.165, 1.54) is 5.56 Å². The van der Waals surface area contributed by atoms with Crippen LogP contribution in [0.4, 0.5) is 87.8 Å². The van der Waals surface area contributed by atoms with Crippen LogP contribution in [0.2, 0.25) is 0 Å². The molecular formula is C41H13BF20N2. The van der Waals surface area contributed by atoms with E-state index in [4.69, 9.17) is 5.26 Å². The molecule has 0 fully saturated rings. The number of benzene rings is 6. The number of nitriles is 1. The lowest BCUT2D eigenvalue weighted by Crippen LogP contribution is -2.81. The van der Waals surface area contributed by atoms with Crippen LogP contribution in [0.25, 0.3) is 10.8 Å². The van der Waals surface area contributed by atoms with E-state index in [9.17, 15) is 52.7 Å². The average molecular weight is 924 g/mol. The Kier molecular flexibility index (Phi) is 12.5. The number of hydrogen-bond acceptors (Lipinski definition) is 1. The maximum atomic E-state index is 15.4. The average Bonchev–Trinajstić information content (AvgIpc) is 3.29. The summed E-state index contributed by atoms with van der Waals surface area (Å²) < 4.78 is 296. The molecule has 7 aromatic rings. The molecule has 0 radical (unpaired) electrons. The van der Waals surface area contributed by atoms with Crippen molar-refractivity contribution in [2.75, 3.05) is 0 Å². The monoisotopic (exact) mass is 924 g/mol. The molecule has 64 heavy (non-hydrogen) atoms. The van der Waals surface area contributed by atoms with Crippen molar-refractivity contribution in [2.24, 2.45) is 0 Å². The molecule has 0 unspecified atom stereocenters. The lowest BCUT2D eigenvalue weighted by atomic mass is 9.12. The molecule has 0 N–H and O–H groups in total. The van der Waals surface area contributed by atoms with Gasteiger partial charge in [-0.25, -0.2) is 92.4 Å². The Morgan fingerprint density at radius 3 is 1.00 bits per heavy atom. The Hall–Kier alpha value is -7.12. The molecule has 0 atom stereocenters. The van der Waals surface area contributed by atoms with Gasteiger partial charge in [-0.2, -0.15) is 5.26 Å². The fourth-order valence-corrected chi connectivity index (χ4v) is 7.14. The summed E-state index contributed by atoms with van der Waals surface area (Å²) in [7, 11) is 0. The Balaban J connectivity index is 0.000000295. The molecule has 2 nitrogen and oxygen atoms in total. The van der Waals surface area contributed by atoms with Crippen molar-refractivity contribution in [3.8, 4) is 6.07 Å². The predicted molar refractivity (Wildman–Crippen MR) is 184 cm³/mol. The minimum absolute atomic E-state index is 0.726. The van der Waals surface area contributed by atoms with E-state index in [0.717, 1.165) is 22.9 Å². The molecule has 0 aliphatic rings. The van der Waals surface area contributed by atoms with Gasteiger partial charge in [-0.05, 0) is 12.1 Å². The van der Waals surface area contributed by atoms with Crippen molar-refractivity contribution < 1.29 is 92.4 Å². The number of nitrogens with zero attached hydrogens (tertiary/aromatic N) is 2. The van der Waals surface area contributed by atoms with Gasteiger partial charge in [0, 0.05) is 22.4 Å².